The van der Waals surface area contributed by atoms with Crippen LogP contribution in [0.3, 0.4) is 0 Å². The summed E-state index contributed by atoms with van der Waals surface area (Å²) in [5.41, 5.74) is 2.81. The molecule has 0 saturated heterocycles. The van der Waals surface area contributed by atoms with E-state index in [4.69, 9.17) is 0 Å². The normalized spacial score (nSPS) is 14.2. The second-order valence-corrected chi connectivity index (χ2v) is 7.08. The Bertz CT molecular complexity index is 614. The maximum Gasteiger partial charge on any atom is 0.222 e. The molecule has 0 N–H and O–H groups in total. The molecule has 0 unspecified atom stereocenters. The van der Waals surface area contributed by atoms with Crippen LogP contribution in [0.1, 0.15) is 24.0 Å². The van der Waals surface area contributed by atoms with Gasteiger partial charge in [-0.1, -0.05) is 42.5 Å². The zero-order valence-corrected chi connectivity index (χ0v) is 14.2. The number of hydrogen-bond acceptors (Lipinski definition) is 2. The zero-order valence-electron chi connectivity index (χ0n) is 13.4. The molecule has 2 aromatic carbocycles. The molecule has 0 saturated carbocycles. The van der Waals surface area contributed by atoms with Gasteiger partial charge in [0, 0.05) is 24.4 Å². The van der Waals surface area contributed by atoms with E-state index in [0.717, 1.165) is 38.1 Å². The molecule has 23 heavy (non-hydrogen) atoms. The number of thioether (sulfide) groups is 1. The number of amides is 1. The molecular weight excluding hydrogens is 302 g/mol. The summed E-state index contributed by atoms with van der Waals surface area (Å²) in [6, 6.07) is 19.0. The fourth-order valence-electron chi connectivity index (χ4n) is 3.01. The van der Waals surface area contributed by atoms with E-state index in [1.54, 1.807) is 0 Å². The van der Waals surface area contributed by atoms with Crippen molar-refractivity contribution in [1.29, 1.82) is 0 Å². The van der Waals surface area contributed by atoms with Gasteiger partial charge in [-0.05, 0) is 48.3 Å². The van der Waals surface area contributed by atoms with Gasteiger partial charge in [-0.3, -0.25) is 4.79 Å². The number of hydrogen-bond donors (Lipinski definition) is 0. The highest BCUT2D eigenvalue weighted by atomic mass is 32.2. The van der Waals surface area contributed by atoms with Crippen LogP contribution in [0.25, 0.3) is 0 Å². The van der Waals surface area contributed by atoms with Crippen molar-refractivity contribution in [1.82, 2.24) is 4.90 Å². The molecule has 0 fully saturated rings. The fourth-order valence-corrected chi connectivity index (χ4v) is 3.88. The van der Waals surface area contributed by atoms with Crippen LogP contribution in [0.15, 0.2) is 59.5 Å². The third kappa shape index (κ3) is 4.61. The first-order valence-electron chi connectivity index (χ1n) is 8.35. The van der Waals surface area contributed by atoms with Gasteiger partial charge < -0.3 is 4.90 Å². The highest BCUT2D eigenvalue weighted by Gasteiger charge is 2.17. The minimum absolute atomic E-state index is 0.312. The van der Waals surface area contributed by atoms with Gasteiger partial charge in [0.25, 0.3) is 0 Å². The number of benzene rings is 2. The van der Waals surface area contributed by atoms with Gasteiger partial charge in [0.1, 0.15) is 0 Å². The van der Waals surface area contributed by atoms with Gasteiger partial charge in [0.2, 0.25) is 5.91 Å². The van der Waals surface area contributed by atoms with Crippen LogP contribution in [0.2, 0.25) is 0 Å². The molecule has 1 aliphatic rings. The molecule has 0 aliphatic carbocycles. The number of rotatable bonds is 5. The largest absolute Gasteiger partial charge is 0.342 e. The lowest BCUT2D eigenvalue weighted by Crippen LogP contribution is -2.33. The maximum atomic E-state index is 12.4. The first kappa shape index (κ1) is 16.1. The van der Waals surface area contributed by atoms with Gasteiger partial charge in [-0.2, -0.15) is 0 Å². The summed E-state index contributed by atoms with van der Waals surface area (Å²) in [5.74, 6) is 1.32. The lowest BCUT2D eigenvalue weighted by Gasteiger charge is -2.20. The van der Waals surface area contributed by atoms with E-state index in [9.17, 15) is 4.79 Å². The van der Waals surface area contributed by atoms with Crippen LogP contribution in [0.5, 0.6) is 0 Å². The van der Waals surface area contributed by atoms with E-state index in [2.05, 4.69) is 48.5 Å². The Kier molecular flexibility index (Phi) is 5.76. The summed E-state index contributed by atoms with van der Waals surface area (Å²) in [5, 5.41) is 0. The summed E-state index contributed by atoms with van der Waals surface area (Å²) < 4.78 is 0. The molecule has 120 valence electrons. The molecule has 1 aliphatic heterocycles. The number of nitrogens with zero attached hydrogens (tertiary/aromatic N) is 1. The quantitative estimate of drug-likeness (QED) is 0.607. The van der Waals surface area contributed by atoms with Gasteiger partial charge in [-0.15, -0.1) is 11.8 Å². The van der Waals surface area contributed by atoms with Gasteiger partial charge in [0.05, 0.1) is 0 Å². The lowest BCUT2D eigenvalue weighted by molar-refractivity contribution is -0.131. The zero-order chi connectivity index (χ0) is 15.9. The summed E-state index contributed by atoms with van der Waals surface area (Å²) >= 11 is 1.83. The van der Waals surface area contributed by atoms with Crippen molar-refractivity contribution in [3.63, 3.8) is 0 Å². The molecule has 0 atom stereocenters. The van der Waals surface area contributed by atoms with Crippen LogP contribution in [-0.2, 0) is 17.6 Å². The summed E-state index contributed by atoms with van der Waals surface area (Å²) in [4.78, 5) is 15.8. The van der Waals surface area contributed by atoms with E-state index in [0.29, 0.717) is 12.3 Å². The number of carbonyl (C=O) groups excluding carboxylic acids is 1. The molecule has 0 aromatic heterocycles. The van der Waals surface area contributed by atoms with Crippen LogP contribution in [0, 0.1) is 0 Å². The van der Waals surface area contributed by atoms with Crippen molar-refractivity contribution in [3.8, 4) is 0 Å². The minimum atomic E-state index is 0.312. The SMILES string of the molecule is O=C(CCCSc1ccccc1)N1CCc2ccccc2CC1. The summed E-state index contributed by atoms with van der Waals surface area (Å²) in [7, 11) is 0. The molecule has 1 amide bonds. The van der Waals surface area contributed by atoms with E-state index in [1.807, 2.05) is 22.7 Å². The number of fused-ring (bicyclic) bond motifs is 1. The second-order valence-electron chi connectivity index (χ2n) is 5.91. The van der Waals surface area contributed by atoms with Gasteiger partial charge in [0.15, 0.2) is 0 Å². The lowest BCUT2D eigenvalue weighted by atomic mass is 10.0. The van der Waals surface area contributed by atoms with Crippen molar-refractivity contribution in [2.75, 3.05) is 18.8 Å². The molecule has 0 spiro atoms. The average Bonchev–Trinajstić information content (AvgIpc) is 2.82. The predicted molar refractivity (Wildman–Crippen MR) is 96.8 cm³/mol. The predicted octanol–water partition coefficient (Wildman–Crippen LogP) is 4.19. The molecule has 2 aromatic rings. The average molecular weight is 325 g/mol. The Morgan fingerprint density at radius 3 is 2.17 bits per heavy atom. The first-order chi connectivity index (χ1) is 11.3. The molecular formula is C20H23NOS. The summed E-state index contributed by atoms with van der Waals surface area (Å²) in [6.45, 7) is 1.73. The minimum Gasteiger partial charge on any atom is -0.342 e. The Labute approximate surface area is 142 Å². The van der Waals surface area contributed by atoms with Crippen molar-refractivity contribution in [3.05, 3.63) is 65.7 Å². The van der Waals surface area contributed by atoms with E-state index < -0.39 is 0 Å². The third-order valence-corrected chi connectivity index (χ3v) is 5.42. The van der Waals surface area contributed by atoms with E-state index >= 15 is 0 Å². The second kappa shape index (κ2) is 8.21. The van der Waals surface area contributed by atoms with Crippen molar-refractivity contribution in [2.24, 2.45) is 0 Å². The molecule has 0 bridgehead atoms. The van der Waals surface area contributed by atoms with Crippen LogP contribution in [-0.4, -0.2) is 29.6 Å². The molecule has 3 heteroatoms. The Morgan fingerprint density at radius 2 is 1.52 bits per heavy atom. The Balaban J connectivity index is 1.42. The summed E-state index contributed by atoms with van der Waals surface area (Å²) in [6.07, 6.45) is 3.58. The third-order valence-electron chi connectivity index (χ3n) is 4.32. The molecule has 2 nitrogen and oxygen atoms in total. The van der Waals surface area contributed by atoms with Crippen LogP contribution < -0.4 is 0 Å². The van der Waals surface area contributed by atoms with E-state index in [-0.39, 0.29) is 0 Å². The highest BCUT2D eigenvalue weighted by Crippen LogP contribution is 2.20. The van der Waals surface area contributed by atoms with Crippen molar-refractivity contribution >= 4 is 17.7 Å². The van der Waals surface area contributed by atoms with Crippen molar-refractivity contribution < 1.29 is 4.79 Å². The van der Waals surface area contributed by atoms with Gasteiger partial charge >= 0.3 is 0 Å². The molecule has 3 rings (SSSR count). The standard InChI is InChI=1S/C20H23NOS/c22-20(11-6-16-23-19-9-2-1-3-10-19)21-14-12-17-7-4-5-8-18(17)13-15-21/h1-5,7-10H,6,11-16H2. The molecule has 1 heterocycles. The number of carbonyl (C=O) groups is 1. The maximum absolute atomic E-state index is 12.4. The monoisotopic (exact) mass is 325 g/mol. The Hall–Kier alpha value is -1.74. The van der Waals surface area contributed by atoms with E-state index in [1.165, 1.54) is 16.0 Å². The first-order valence-corrected chi connectivity index (χ1v) is 9.34. The van der Waals surface area contributed by atoms with Crippen LogP contribution in [0.4, 0.5) is 0 Å². The molecule has 0 radical (unpaired) electrons. The topological polar surface area (TPSA) is 20.3 Å². The van der Waals surface area contributed by atoms with Crippen molar-refractivity contribution in [2.45, 2.75) is 30.6 Å². The van der Waals surface area contributed by atoms with Gasteiger partial charge in [-0.25, -0.2) is 0 Å². The van der Waals surface area contributed by atoms with Crippen LogP contribution >= 0.6 is 11.8 Å². The fraction of sp³-hybridized carbons (Fsp3) is 0.350. The smallest absolute Gasteiger partial charge is 0.222 e. The Morgan fingerprint density at radius 1 is 0.913 bits per heavy atom. The highest BCUT2D eigenvalue weighted by molar-refractivity contribution is 7.99.